The summed E-state index contributed by atoms with van der Waals surface area (Å²) in [5.41, 5.74) is 2.67. The molecule has 0 fully saturated rings. The van der Waals surface area contributed by atoms with Crippen LogP contribution in [-0.4, -0.2) is 10.9 Å². The molecule has 0 bridgehead atoms. The van der Waals surface area contributed by atoms with Crippen LogP contribution in [0, 0.1) is 6.92 Å². The number of benzene rings is 2. The third-order valence-corrected chi connectivity index (χ3v) is 3.88. The van der Waals surface area contributed by atoms with Gasteiger partial charge in [0.25, 0.3) is 5.91 Å². The second-order valence-electron chi connectivity index (χ2n) is 4.84. The fourth-order valence-corrected chi connectivity index (χ4v) is 2.74. The Morgan fingerprint density at radius 2 is 1.91 bits per heavy atom. The molecule has 0 atom stereocenters. The molecule has 5 heteroatoms. The summed E-state index contributed by atoms with van der Waals surface area (Å²) in [6.45, 7) is 1.96. The van der Waals surface area contributed by atoms with Crippen molar-refractivity contribution in [2.24, 2.45) is 0 Å². The summed E-state index contributed by atoms with van der Waals surface area (Å²) in [4.78, 5) is 16.4. The van der Waals surface area contributed by atoms with E-state index in [0.29, 0.717) is 10.6 Å². The van der Waals surface area contributed by atoms with Gasteiger partial charge in [0.15, 0.2) is 5.13 Å². The number of anilines is 3. The van der Waals surface area contributed by atoms with Crippen LogP contribution in [-0.2, 0) is 0 Å². The first-order valence-corrected chi connectivity index (χ1v) is 7.68. The average molecular weight is 309 g/mol. The highest BCUT2D eigenvalue weighted by atomic mass is 32.1. The van der Waals surface area contributed by atoms with E-state index in [1.54, 1.807) is 12.3 Å². The molecule has 0 saturated carbocycles. The molecule has 110 valence electrons. The Labute approximate surface area is 132 Å². The molecule has 2 N–H and O–H groups in total. The van der Waals surface area contributed by atoms with E-state index >= 15 is 0 Å². The minimum absolute atomic E-state index is 0.126. The van der Waals surface area contributed by atoms with Crippen LogP contribution in [0.15, 0.2) is 60.8 Å². The number of nitrogens with zero attached hydrogens (tertiary/aromatic N) is 1. The van der Waals surface area contributed by atoms with E-state index < -0.39 is 0 Å². The summed E-state index contributed by atoms with van der Waals surface area (Å²) in [5.74, 6) is -0.126. The highest BCUT2D eigenvalue weighted by molar-refractivity contribution is 7.19. The van der Waals surface area contributed by atoms with Gasteiger partial charge in [-0.25, -0.2) is 4.98 Å². The van der Waals surface area contributed by atoms with E-state index in [9.17, 15) is 4.79 Å². The second-order valence-corrected chi connectivity index (χ2v) is 5.87. The maximum atomic E-state index is 12.2. The van der Waals surface area contributed by atoms with Crippen LogP contribution in [0.4, 0.5) is 15.8 Å². The van der Waals surface area contributed by atoms with Gasteiger partial charge in [-0.15, -0.1) is 0 Å². The Hall–Kier alpha value is -2.66. The zero-order valence-electron chi connectivity index (χ0n) is 12.0. The number of hydrogen-bond donors (Lipinski definition) is 2. The lowest BCUT2D eigenvalue weighted by Gasteiger charge is -2.03. The molecule has 4 nitrogen and oxygen atoms in total. The number of carbonyl (C=O) groups is 1. The summed E-state index contributed by atoms with van der Waals surface area (Å²) in [6.07, 6.45) is 1.66. The van der Waals surface area contributed by atoms with Gasteiger partial charge in [-0.1, -0.05) is 47.2 Å². The minimum Gasteiger partial charge on any atom is -0.331 e. The molecule has 0 unspecified atom stereocenters. The zero-order chi connectivity index (χ0) is 15.4. The number of nitrogens with one attached hydrogen (secondary N) is 2. The predicted molar refractivity (Wildman–Crippen MR) is 91.0 cm³/mol. The van der Waals surface area contributed by atoms with Crippen LogP contribution in [0.25, 0.3) is 0 Å². The summed E-state index contributed by atoms with van der Waals surface area (Å²) in [7, 11) is 0. The molecule has 0 aliphatic carbocycles. The number of rotatable bonds is 4. The van der Waals surface area contributed by atoms with Gasteiger partial charge in [-0.05, 0) is 31.2 Å². The molecular formula is C17H15N3OS. The van der Waals surface area contributed by atoms with Crippen molar-refractivity contribution in [2.75, 3.05) is 10.6 Å². The molecule has 0 aliphatic heterocycles. The summed E-state index contributed by atoms with van der Waals surface area (Å²) in [5, 5.41) is 7.53. The summed E-state index contributed by atoms with van der Waals surface area (Å²) >= 11 is 1.40. The van der Waals surface area contributed by atoms with Crippen molar-refractivity contribution in [3.8, 4) is 0 Å². The summed E-state index contributed by atoms with van der Waals surface area (Å²) < 4.78 is 0. The molecular weight excluding hydrogens is 294 g/mol. The normalized spacial score (nSPS) is 10.2. The van der Waals surface area contributed by atoms with E-state index in [2.05, 4.69) is 15.6 Å². The molecule has 1 aromatic heterocycles. The van der Waals surface area contributed by atoms with Crippen LogP contribution >= 0.6 is 11.3 Å². The van der Waals surface area contributed by atoms with E-state index in [-0.39, 0.29) is 5.91 Å². The lowest BCUT2D eigenvalue weighted by Crippen LogP contribution is -2.10. The van der Waals surface area contributed by atoms with Gasteiger partial charge < -0.3 is 10.6 Å². The molecule has 0 saturated heterocycles. The third-order valence-electron chi connectivity index (χ3n) is 3.05. The number of para-hydroxylation sites is 1. The monoisotopic (exact) mass is 309 g/mol. The number of amides is 1. The van der Waals surface area contributed by atoms with Crippen molar-refractivity contribution in [3.05, 3.63) is 71.9 Å². The smallest absolute Gasteiger partial charge is 0.256 e. The number of carbonyl (C=O) groups excluding carboxylic acids is 1. The van der Waals surface area contributed by atoms with Gasteiger partial charge >= 0.3 is 0 Å². The molecule has 0 spiro atoms. The standard InChI is InChI=1S/C17H15N3OS/c1-12-6-5-7-13(10-12)16(21)20-15-11-18-17(22-15)19-14-8-3-2-4-9-14/h2-11H,1H3,(H,18,19)(H,20,21). The molecule has 0 aliphatic rings. The molecule has 1 amide bonds. The van der Waals surface area contributed by atoms with Gasteiger partial charge in [-0.3, -0.25) is 4.79 Å². The number of hydrogen-bond acceptors (Lipinski definition) is 4. The van der Waals surface area contributed by atoms with Crippen LogP contribution in [0.2, 0.25) is 0 Å². The highest BCUT2D eigenvalue weighted by Crippen LogP contribution is 2.26. The summed E-state index contributed by atoms with van der Waals surface area (Å²) in [6, 6.07) is 17.3. The van der Waals surface area contributed by atoms with Crippen molar-refractivity contribution in [2.45, 2.75) is 6.92 Å². The fraction of sp³-hybridized carbons (Fsp3) is 0.0588. The molecule has 1 heterocycles. The molecule has 2 aromatic carbocycles. The molecule has 22 heavy (non-hydrogen) atoms. The van der Waals surface area contributed by atoms with Gasteiger partial charge in [0.2, 0.25) is 0 Å². The maximum Gasteiger partial charge on any atom is 0.256 e. The van der Waals surface area contributed by atoms with Crippen LogP contribution < -0.4 is 10.6 Å². The molecule has 0 radical (unpaired) electrons. The first kappa shape index (κ1) is 14.3. The van der Waals surface area contributed by atoms with E-state index in [0.717, 1.165) is 16.4 Å². The average Bonchev–Trinajstić information content (AvgIpc) is 2.95. The Morgan fingerprint density at radius 3 is 2.68 bits per heavy atom. The van der Waals surface area contributed by atoms with Gasteiger partial charge in [0.05, 0.1) is 6.20 Å². The highest BCUT2D eigenvalue weighted by Gasteiger charge is 2.09. The predicted octanol–water partition coefficient (Wildman–Crippen LogP) is 4.45. The van der Waals surface area contributed by atoms with E-state index in [4.69, 9.17) is 0 Å². The molecule has 3 aromatic rings. The first-order valence-electron chi connectivity index (χ1n) is 6.86. The van der Waals surface area contributed by atoms with Crippen molar-refractivity contribution in [3.63, 3.8) is 0 Å². The Morgan fingerprint density at radius 1 is 1.09 bits per heavy atom. The Bertz CT molecular complexity index is 783. The van der Waals surface area contributed by atoms with Gasteiger partial charge in [0.1, 0.15) is 5.00 Å². The Balaban J connectivity index is 1.68. The van der Waals surface area contributed by atoms with Crippen LogP contribution in [0.1, 0.15) is 15.9 Å². The van der Waals surface area contributed by atoms with Gasteiger partial charge in [0, 0.05) is 11.3 Å². The Kier molecular flexibility index (Phi) is 4.16. The number of thiazole rings is 1. The van der Waals surface area contributed by atoms with Crippen LogP contribution in [0.3, 0.4) is 0 Å². The quantitative estimate of drug-likeness (QED) is 0.748. The van der Waals surface area contributed by atoms with Crippen LogP contribution in [0.5, 0.6) is 0 Å². The molecule has 3 rings (SSSR count). The number of aryl methyl sites for hydroxylation is 1. The van der Waals surface area contributed by atoms with Crippen molar-refractivity contribution in [1.82, 2.24) is 4.98 Å². The second kappa shape index (κ2) is 6.41. The van der Waals surface area contributed by atoms with Crippen molar-refractivity contribution >= 4 is 33.1 Å². The zero-order valence-corrected chi connectivity index (χ0v) is 12.9. The SMILES string of the molecule is Cc1cccc(C(=O)Nc2cnc(Nc3ccccc3)s2)c1. The van der Waals surface area contributed by atoms with E-state index in [1.165, 1.54) is 11.3 Å². The number of aromatic nitrogens is 1. The van der Waals surface area contributed by atoms with Crippen molar-refractivity contribution in [1.29, 1.82) is 0 Å². The topological polar surface area (TPSA) is 54.0 Å². The largest absolute Gasteiger partial charge is 0.331 e. The first-order chi connectivity index (χ1) is 10.7. The van der Waals surface area contributed by atoms with Crippen molar-refractivity contribution < 1.29 is 4.79 Å². The van der Waals surface area contributed by atoms with E-state index in [1.807, 2.05) is 55.5 Å². The minimum atomic E-state index is -0.126. The lowest BCUT2D eigenvalue weighted by molar-refractivity contribution is 0.102. The van der Waals surface area contributed by atoms with Gasteiger partial charge in [-0.2, -0.15) is 0 Å². The lowest BCUT2D eigenvalue weighted by atomic mass is 10.1. The maximum absolute atomic E-state index is 12.2. The fourth-order valence-electron chi connectivity index (χ4n) is 2.01. The third kappa shape index (κ3) is 3.51.